The average Bonchev–Trinajstić information content (AvgIpc) is 2.77. The fraction of sp³-hybridized carbons (Fsp3) is 0.933. The number of hydrogen-bond acceptors (Lipinski definition) is 3. The van der Waals surface area contributed by atoms with Crippen LogP contribution in [-0.4, -0.2) is 28.1 Å². The van der Waals surface area contributed by atoms with Crippen molar-refractivity contribution in [2.24, 2.45) is 56.2 Å². The molecule has 11 atom stereocenters. The number of carbonyl (C=O) groups excluding carboxylic acids is 1. The summed E-state index contributed by atoms with van der Waals surface area (Å²) in [5.41, 5.74) is 0.0180. The van der Waals surface area contributed by atoms with Crippen LogP contribution in [0.5, 0.6) is 0 Å². The standard InChI is InChI=1S/C30H48O4/c1-18-23(32)19(31)16-21-27(18,4)9-8-20-28(21,5)13-15-30(7)22-17-26(3,24(33)34)11-10-25(22,2)12-14-29(20,30)6/h18,20-23,32H,8-17H2,1-7H3,(H,33,34)/t18-,20-,21+,22+,23-,25-,26+,27+,28+,29+,30-/m0/s1. The Hall–Kier alpha value is -0.900. The van der Waals surface area contributed by atoms with Crippen molar-refractivity contribution in [3.05, 3.63) is 0 Å². The van der Waals surface area contributed by atoms with Crippen molar-refractivity contribution in [2.45, 2.75) is 119 Å². The minimum absolute atomic E-state index is 0.0125. The molecule has 4 nitrogen and oxygen atoms in total. The second-order valence-electron chi connectivity index (χ2n) is 15.2. The molecule has 0 spiro atoms. The van der Waals surface area contributed by atoms with E-state index in [1.165, 1.54) is 19.3 Å². The van der Waals surface area contributed by atoms with Crippen molar-refractivity contribution in [1.82, 2.24) is 0 Å². The van der Waals surface area contributed by atoms with Gasteiger partial charge < -0.3 is 10.2 Å². The molecule has 34 heavy (non-hydrogen) atoms. The molecule has 192 valence electrons. The summed E-state index contributed by atoms with van der Waals surface area (Å²) < 4.78 is 0. The molecule has 0 aromatic carbocycles. The fourth-order valence-electron chi connectivity index (χ4n) is 11.1. The van der Waals surface area contributed by atoms with Crippen LogP contribution in [0.1, 0.15) is 113 Å². The van der Waals surface area contributed by atoms with Gasteiger partial charge in [0.05, 0.1) is 5.41 Å². The average molecular weight is 473 g/mol. The largest absolute Gasteiger partial charge is 0.481 e. The Labute approximate surface area is 206 Å². The maximum Gasteiger partial charge on any atom is 0.309 e. The van der Waals surface area contributed by atoms with Crippen molar-refractivity contribution < 1.29 is 19.8 Å². The van der Waals surface area contributed by atoms with E-state index < -0.39 is 17.5 Å². The third kappa shape index (κ3) is 2.81. The third-order valence-corrected chi connectivity index (χ3v) is 14.1. The molecule has 0 amide bonds. The molecule has 5 aliphatic rings. The highest BCUT2D eigenvalue weighted by Crippen LogP contribution is 2.78. The smallest absolute Gasteiger partial charge is 0.309 e. The number of hydrogen-bond donors (Lipinski definition) is 2. The first-order chi connectivity index (χ1) is 15.6. The number of carboxylic acids is 1. The molecule has 5 saturated carbocycles. The zero-order valence-corrected chi connectivity index (χ0v) is 22.7. The highest BCUT2D eigenvalue weighted by atomic mass is 16.4. The van der Waals surface area contributed by atoms with Crippen LogP contribution in [0.3, 0.4) is 0 Å². The zero-order valence-electron chi connectivity index (χ0n) is 22.7. The molecule has 5 rings (SSSR count). The number of Topliss-reactive ketones (excluding diaryl/α,β-unsaturated/α-hetero) is 1. The predicted molar refractivity (Wildman–Crippen MR) is 133 cm³/mol. The number of aliphatic carboxylic acids is 1. The summed E-state index contributed by atoms with van der Waals surface area (Å²) in [5, 5.41) is 20.8. The lowest BCUT2D eigenvalue weighted by Gasteiger charge is -2.74. The van der Waals surface area contributed by atoms with Gasteiger partial charge in [-0.25, -0.2) is 0 Å². The molecule has 0 unspecified atom stereocenters. The number of ketones is 1. The summed E-state index contributed by atoms with van der Waals surface area (Å²) >= 11 is 0. The number of fused-ring (bicyclic) bond motifs is 7. The van der Waals surface area contributed by atoms with Crippen molar-refractivity contribution >= 4 is 11.8 Å². The van der Waals surface area contributed by atoms with E-state index in [1.807, 2.05) is 6.92 Å². The van der Waals surface area contributed by atoms with Gasteiger partial charge in [-0.3, -0.25) is 9.59 Å². The molecule has 0 aromatic heterocycles. The first kappa shape index (κ1) is 24.8. The van der Waals surface area contributed by atoms with Gasteiger partial charge in [0.2, 0.25) is 0 Å². The number of aliphatic hydroxyl groups excluding tert-OH is 1. The van der Waals surface area contributed by atoms with Gasteiger partial charge in [0.1, 0.15) is 6.10 Å². The van der Waals surface area contributed by atoms with Crippen LogP contribution < -0.4 is 0 Å². The van der Waals surface area contributed by atoms with E-state index in [9.17, 15) is 19.8 Å². The Morgan fingerprint density at radius 3 is 2.03 bits per heavy atom. The molecule has 2 N–H and O–H groups in total. The van der Waals surface area contributed by atoms with E-state index in [0.29, 0.717) is 24.2 Å². The quantitative estimate of drug-likeness (QED) is 0.457. The van der Waals surface area contributed by atoms with E-state index >= 15 is 0 Å². The molecule has 0 aromatic rings. The summed E-state index contributed by atoms with van der Waals surface area (Å²) in [7, 11) is 0. The van der Waals surface area contributed by atoms with Gasteiger partial charge in [-0.2, -0.15) is 0 Å². The summed E-state index contributed by atoms with van der Waals surface area (Å²) in [4.78, 5) is 25.2. The summed E-state index contributed by atoms with van der Waals surface area (Å²) in [6, 6.07) is 0. The molecule has 0 saturated heterocycles. The molecule has 0 radical (unpaired) electrons. The maximum atomic E-state index is 12.9. The van der Waals surface area contributed by atoms with Crippen LogP contribution >= 0.6 is 0 Å². The van der Waals surface area contributed by atoms with Gasteiger partial charge in [-0.05, 0) is 115 Å². The molecule has 5 fully saturated rings. The maximum absolute atomic E-state index is 12.9. The summed E-state index contributed by atoms with van der Waals surface area (Å²) in [6.45, 7) is 16.5. The van der Waals surface area contributed by atoms with Crippen LogP contribution in [0, 0.1) is 56.2 Å². The van der Waals surface area contributed by atoms with E-state index in [0.717, 1.165) is 38.5 Å². The predicted octanol–water partition coefficient (Wildman–Crippen LogP) is 6.49. The molecule has 5 aliphatic carbocycles. The lowest BCUT2D eigenvalue weighted by molar-refractivity contribution is -0.260. The van der Waals surface area contributed by atoms with E-state index in [1.54, 1.807) is 0 Å². The Morgan fingerprint density at radius 2 is 1.38 bits per heavy atom. The van der Waals surface area contributed by atoms with E-state index in [4.69, 9.17) is 0 Å². The lowest BCUT2D eigenvalue weighted by atomic mass is 9.30. The second-order valence-corrected chi connectivity index (χ2v) is 15.2. The molecule has 0 bridgehead atoms. The van der Waals surface area contributed by atoms with Gasteiger partial charge in [-0.1, -0.05) is 41.5 Å². The topological polar surface area (TPSA) is 74.6 Å². The summed E-state index contributed by atoms with van der Waals surface area (Å²) in [6.07, 6.45) is 9.27. The number of rotatable bonds is 1. The first-order valence-electron chi connectivity index (χ1n) is 14.0. The minimum atomic E-state index is -0.808. The van der Waals surface area contributed by atoms with Crippen LogP contribution in [0.15, 0.2) is 0 Å². The Bertz CT molecular complexity index is 913. The Kier molecular flexibility index (Phi) is 5.18. The van der Waals surface area contributed by atoms with Crippen LogP contribution in [0.25, 0.3) is 0 Å². The Morgan fingerprint density at radius 1 is 0.794 bits per heavy atom. The lowest BCUT2D eigenvalue weighted by Crippen LogP contribution is -2.68. The zero-order chi connectivity index (χ0) is 25.1. The van der Waals surface area contributed by atoms with Gasteiger partial charge in [0.15, 0.2) is 5.78 Å². The second kappa shape index (κ2) is 7.11. The number of aliphatic hydroxyl groups is 1. The van der Waals surface area contributed by atoms with Gasteiger partial charge in [0.25, 0.3) is 0 Å². The highest BCUT2D eigenvalue weighted by Gasteiger charge is 2.71. The van der Waals surface area contributed by atoms with Crippen molar-refractivity contribution in [3.8, 4) is 0 Å². The van der Waals surface area contributed by atoms with E-state index in [-0.39, 0.29) is 38.8 Å². The van der Waals surface area contributed by atoms with Gasteiger partial charge in [-0.15, -0.1) is 0 Å². The number of carbonyl (C=O) groups is 2. The molecular formula is C30H48O4. The SMILES string of the molecule is C[C@H]1[C@H](O)C(=O)C[C@@H]2[C@]1(C)CC[C@H]1[C@@]2(C)CC[C@@]2(C)[C@@H]3C[C@](C)(C(=O)O)CC[C@@]3(C)CC[C@]12C. The minimum Gasteiger partial charge on any atom is -0.481 e. The third-order valence-electron chi connectivity index (χ3n) is 14.1. The highest BCUT2D eigenvalue weighted by molar-refractivity contribution is 5.84. The van der Waals surface area contributed by atoms with Crippen molar-refractivity contribution in [1.29, 1.82) is 0 Å². The van der Waals surface area contributed by atoms with Crippen molar-refractivity contribution in [3.63, 3.8) is 0 Å². The normalized spacial score (nSPS) is 59.3. The number of carboxylic acid groups (broad SMARTS) is 1. The molecule has 0 heterocycles. The Balaban J connectivity index is 1.55. The van der Waals surface area contributed by atoms with Crippen LogP contribution in [-0.2, 0) is 9.59 Å². The fourth-order valence-corrected chi connectivity index (χ4v) is 11.1. The monoisotopic (exact) mass is 472 g/mol. The molecule has 0 aliphatic heterocycles. The van der Waals surface area contributed by atoms with Crippen LogP contribution in [0.4, 0.5) is 0 Å². The van der Waals surface area contributed by atoms with E-state index in [2.05, 4.69) is 41.5 Å². The van der Waals surface area contributed by atoms with Crippen molar-refractivity contribution in [2.75, 3.05) is 0 Å². The first-order valence-corrected chi connectivity index (χ1v) is 14.0. The van der Waals surface area contributed by atoms with Gasteiger partial charge in [0, 0.05) is 6.42 Å². The molecule has 4 heteroatoms. The van der Waals surface area contributed by atoms with Crippen LogP contribution in [0.2, 0.25) is 0 Å². The molecular weight excluding hydrogens is 424 g/mol. The van der Waals surface area contributed by atoms with Gasteiger partial charge >= 0.3 is 5.97 Å². The summed E-state index contributed by atoms with van der Waals surface area (Å²) in [5.74, 6) is 0.760.